The lowest BCUT2D eigenvalue weighted by molar-refractivity contribution is -0.903. The second kappa shape index (κ2) is 20.5. The summed E-state index contributed by atoms with van der Waals surface area (Å²) in [6.45, 7) is 6.63. The first-order chi connectivity index (χ1) is 19.4. The highest BCUT2D eigenvalue weighted by atomic mass is 16.5. The Bertz CT molecular complexity index is 894. The lowest BCUT2D eigenvalue weighted by atomic mass is 10.0. The first-order valence-corrected chi connectivity index (χ1v) is 16.1. The third kappa shape index (κ3) is 16.7. The van der Waals surface area contributed by atoms with E-state index in [9.17, 15) is 4.79 Å². The highest BCUT2D eigenvalue weighted by molar-refractivity contribution is 5.69. The Hall–Kier alpha value is -2.33. The van der Waals surface area contributed by atoms with Gasteiger partial charge in [-0.15, -0.1) is 0 Å². The highest BCUT2D eigenvalue weighted by Crippen LogP contribution is 2.18. The molecule has 2 aromatic carbocycles. The summed E-state index contributed by atoms with van der Waals surface area (Å²) >= 11 is 0. The standard InChI is InChI=1S/C36H58NO3/c1-5-6-7-8-9-10-11-12-13-14-16-20-33-24-26-35(27-25-33)40-32(2)28-30-39-36(38)23-19-29-37(3,4)31-34-21-17-15-18-22-34/h15,17-18,21-22,24-27,32H,5-14,16,19-20,23,28-31H2,1-4H3/q+1. The minimum atomic E-state index is -0.112. The molecule has 0 saturated carbocycles. The summed E-state index contributed by atoms with van der Waals surface area (Å²) in [5.74, 6) is 0.776. The van der Waals surface area contributed by atoms with Gasteiger partial charge in [0, 0.05) is 18.4 Å². The Kier molecular flexibility index (Phi) is 17.4. The predicted octanol–water partition coefficient (Wildman–Crippen LogP) is 9.30. The van der Waals surface area contributed by atoms with Crippen molar-refractivity contribution < 1.29 is 18.8 Å². The zero-order chi connectivity index (χ0) is 28.9. The molecular weight excluding hydrogens is 494 g/mol. The van der Waals surface area contributed by atoms with E-state index in [0.717, 1.165) is 36.2 Å². The lowest BCUT2D eigenvalue weighted by Crippen LogP contribution is -2.39. The monoisotopic (exact) mass is 552 g/mol. The molecule has 4 nitrogen and oxygen atoms in total. The molecule has 0 heterocycles. The number of benzene rings is 2. The largest absolute Gasteiger partial charge is 0.491 e. The summed E-state index contributed by atoms with van der Waals surface area (Å²) < 4.78 is 12.4. The molecular formula is C36H58NO3+. The number of hydrogen-bond donors (Lipinski definition) is 0. The van der Waals surface area contributed by atoms with Crippen LogP contribution in [0, 0.1) is 0 Å². The average Bonchev–Trinajstić information content (AvgIpc) is 2.93. The SMILES string of the molecule is CCCCCCCCCCCCCc1ccc(OC(C)CCOC(=O)CCC[N+](C)(C)Cc2ccccc2)cc1. The maximum absolute atomic E-state index is 12.2. The van der Waals surface area contributed by atoms with Crippen LogP contribution in [0.3, 0.4) is 0 Å². The summed E-state index contributed by atoms with van der Waals surface area (Å²) in [6.07, 6.45) is 18.3. The molecule has 0 aliphatic carbocycles. The predicted molar refractivity (Wildman–Crippen MR) is 169 cm³/mol. The van der Waals surface area contributed by atoms with Crippen molar-refractivity contribution in [3.05, 3.63) is 65.7 Å². The molecule has 4 heteroatoms. The topological polar surface area (TPSA) is 35.5 Å². The van der Waals surface area contributed by atoms with E-state index in [1.54, 1.807) is 0 Å². The minimum Gasteiger partial charge on any atom is -0.491 e. The smallest absolute Gasteiger partial charge is 0.306 e. The van der Waals surface area contributed by atoms with Crippen LogP contribution in [0.4, 0.5) is 0 Å². The fraction of sp³-hybridized carbons (Fsp3) is 0.639. The van der Waals surface area contributed by atoms with Crippen LogP contribution in [0.5, 0.6) is 5.75 Å². The second-order valence-corrected chi connectivity index (χ2v) is 12.3. The zero-order valence-electron chi connectivity index (χ0n) is 26.2. The molecule has 1 atom stereocenters. The van der Waals surface area contributed by atoms with E-state index < -0.39 is 0 Å². The van der Waals surface area contributed by atoms with Gasteiger partial charge in [-0.2, -0.15) is 0 Å². The van der Waals surface area contributed by atoms with Crippen LogP contribution in [0.1, 0.15) is 115 Å². The maximum Gasteiger partial charge on any atom is 0.306 e. The maximum atomic E-state index is 12.2. The number of nitrogens with zero attached hydrogens (tertiary/aromatic N) is 1. The number of ether oxygens (including phenoxy) is 2. The van der Waals surface area contributed by atoms with Gasteiger partial charge in [0.2, 0.25) is 0 Å². The van der Waals surface area contributed by atoms with Gasteiger partial charge >= 0.3 is 5.97 Å². The van der Waals surface area contributed by atoms with Crippen molar-refractivity contribution in [2.45, 2.75) is 123 Å². The molecule has 0 fully saturated rings. The van der Waals surface area contributed by atoms with Crippen molar-refractivity contribution in [2.75, 3.05) is 27.2 Å². The van der Waals surface area contributed by atoms with E-state index in [-0.39, 0.29) is 12.1 Å². The van der Waals surface area contributed by atoms with Gasteiger partial charge in [0.05, 0.1) is 39.8 Å². The first kappa shape index (κ1) is 33.9. The molecule has 0 amide bonds. The number of esters is 1. The molecule has 0 aromatic heterocycles. The molecule has 0 bridgehead atoms. The molecule has 0 N–H and O–H groups in total. The van der Waals surface area contributed by atoms with Crippen LogP contribution in [0.2, 0.25) is 0 Å². The van der Waals surface area contributed by atoms with Gasteiger partial charge in [0.25, 0.3) is 0 Å². The number of carbonyl (C=O) groups is 1. The van der Waals surface area contributed by atoms with E-state index in [1.165, 1.54) is 81.8 Å². The number of rotatable bonds is 23. The van der Waals surface area contributed by atoms with Gasteiger partial charge in [0.1, 0.15) is 12.3 Å². The van der Waals surface area contributed by atoms with E-state index in [2.05, 4.69) is 69.6 Å². The fourth-order valence-electron chi connectivity index (χ4n) is 5.24. The Labute approximate surface area is 246 Å². The molecule has 0 saturated heterocycles. The Morgan fingerprint density at radius 2 is 1.35 bits per heavy atom. The third-order valence-electron chi connectivity index (χ3n) is 7.71. The molecule has 0 aliphatic rings. The van der Waals surface area contributed by atoms with Crippen molar-refractivity contribution in [3.8, 4) is 5.75 Å². The zero-order valence-corrected chi connectivity index (χ0v) is 26.2. The molecule has 0 radical (unpaired) electrons. The number of hydrogen-bond acceptors (Lipinski definition) is 3. The molecule has 224 valence electrons. The van der Waals surface area contributed by atoms with Gasteiger partial charge in [-0.05, 0) is 37.5 Å². The number of unbranched alkanes of at least 4 members (excludes halogenated alkanes) is 10. The van der Waals surface area contributed by atoms with Gasteiger partial charge in [-0.3, -0.25) is 4.79 Å². The van der Waals surface area contributed by atoms with Crippen molar-refractivity contribution >= 4 is 5.97 Å². The van der Waals surface area contributed by atoms with E-state index >= 15 is 0 Å². The highest BCUT2D eigenvalue weighted by Gasteiger charge is 2.17. The van der Waals surface area contributed by atoms with Crippen LogP contribution < -0.4 is 4.74 Å². The lowest BCUT2D eigenvalue weighted by Gasteiger charge is -2.29. The summed E-state index contributed by atoms with van der Waals surface area (Å²) in [6, 6.07) is 19.0. The summed E-state index contributed by atoms with van der Waals surface area (Å²) in [5, 5.41) is 0. The molecule has 40 heavy (non-hydrogen) atoms. The fourth-order valence-corrected chi connectivity index (χ4v) is 5.24. The van der Waals surface area contributed by atoms with Crippen LogP contribution >= 0.6 is 0 Å². The van der Waals surface area contributed by atoms with E-state index in [4.69, 9.17) is 9.47 Å². The summed E-state index contributed by atoms with van der Waals surface area (Å²) in [4.78, 5) is 12.2. The normalized spacial score (nSPS) is 12.3. The van der Waals surface area contributed by atoms with Crippen molar-refractivity contribution in [3.63, 3.8) is 0 Å². The van der Waals surface area contributed by atoms with Gasteiger partial charge in [-0.1, -0.05) is 114 Å². The molecule has 2 rings (SSSR count). The molecule has 0 spiro atoms. The van der Waals surface area contributed by atoms with Crippen LogP contribution in [-0.2, 0) is 22.5 Å². The Balaban J connectivity index is 1.49. The Morgan fingerprint density at radius 3 is 1.98 bits per heavy atom. The minimum absolute atomic E-state index is 0.00627. The van der Waals surface area contributed by atoms with E-state index in [0.29, 0.717) is 19.4 Å². The quantitative estimate of drug-likeness (QED) is 0.0783. The molecule has 0 aliphatic heterocycles. The van der Waals surface area contributed by atoms with Gasteiger partial charge < -0.3 is 14.0 Å². The van der Waals surface area contributed by atoms with Crippen molar-refractivity contribution in [1.29, 1.82) is 0 Å². The van der Waals surface area contributed by atoms with Crippen LogP contribution in [-0.4, -0.2) is 43.8 Å². The summed E-state index contributed by atoms with van der Waals surface area (Å²) in [7, 11) is 4.42. The van der Waals surface area contributed by atoms with Crippen molar-refractivity contribution in [2.24, 2.45) is 0 Å². The van der Waals surface area contributed by atoms with Gasteiger partial charge in [0.15, 0.2) is 0 Å². The van der Waals surface area contributed by atoms with Crippen LogP contribution in [0.25, 0.3) is 0 Å². The number of aryl methyl sites for hydroxylation is 1. The van der Waals surface area contributed by atoms with E-state index in [1.807, 2.05) is 13.0 Å². The van der Waals surface area contributed by atoms with Crippen LogP contribution in [0.15, 0.2) is 54.6 Å². The van der Waals surface area contributed by atoms with Gasteiger partial charge in [-0.25, -0.2) is 0 Å². The number of carbonyl (C=O) groups excluding carboxylic acids is 1. The summed E-state index contributed by atoms with van der Waals surface area (Å²) in [5.41, 5.74) is 2.71. The Morgan fingerprint density at radius 1 is 0.750 bits per heavy atom. The second-order valence-electron chi connectivity index (χ2n) is 12.3. The first-order valence-electron chi connectivity index (χ1n) is 16.1. The van der Waals surface area contributed by atoms with Crippen molar-refractivity contribution in [1.82, 2.24) is 0 Å². The average molecular weight is 553 g/mol. The molecule has 1 unspecified atom stereocenters. The molecule has 2 aromatic rings. The number of quaternary nitrogens is 1. The third-order valence-corrected chi connectivity index (χ3v) is 7.71.